The molecule has 4 aromatic rings. The molecular formula is C48H59N7O6. The molecule has 0 spiro atoms. The van der Waals surface area contributed by atoms with Gasteiger partial charge in [-0.05, 0) is 63.3 Å². The van der Waals surface area contributed by atoms with Gasteiger partial charge in [-0.25, -0.2) is 9.78 Å². The Hall–Kier alpha value is -5.98. The number of aromatic nitrogens is 2. The molecule has 5 amide bonds. The topological polar surface area (TPSA) is 164 Å². The summed E-state index contributed by atoms with van der Waals surface area (Å²) in [5.74, 6) is -1.87. The van der Waals surface area contributed by atoms with E-state index in [-0.39, 0.29) is 67.2 Å². The summed E-state index contributed by atoms with van der Waals surface area (Å²) in [5.41, 5.74) is 3.42. The molecular weight excluding hydrogens is 771 g/mol. The fourth-order valence-corrected chi connectivity index (χ4v) is 8.24. The molecule has 3 aromatic carbocycles. The van der Waals surface area contributed by atoms with Crippen molar-refractivity contribution >= 4 is 29.7 Å². The lowest BCUT2D eigenvalue weighted by Crippen LogP contribution is -2.50. The second-order valence-corrected chi connectivity index (χ2v) is 17.7. The van der Waals surface area contributed by atoms with Crippen molar-refractivity contribution in [2.24, 2.45) is 11.8 Å². The Balaban J connectivity index is 0.997. The maximum absolute atomic E-state index is 14.0. The molecule has 0 radical (unpaired) electrons. The van der Waals surface area contributed by atoms with Crippen LogP contribution in [0.3, 0.4) is 0 Å². The van der Waals surface area contributed by atoms with Crippen LogP contribution in [0.1, 0.15) is 99.5 Å². The van der Waals surface area contributed by atoms with Crippen molar-refractivity contribution in [3.63, 3.8) is 0 Å². The van der Waals surface area contributed by atoms with Crippen LogP contribution in [0.4, 0.5) is 4.79 Å². The number of likely N-dealkylation sites (tertiary alicyclic amines) is 1. The van der Waals surface area contributed by atoms with Gasteiger partial charge in [-0.15, -0.1) is 0 Å². The van der Waals surface area contributed by atoms with Crippen LogP contribution >= 0.6 is 0 Å². The molecule has 13 heteroatoms. The summed E-state index contributed by atoms with van der Waals surface area (Å²) in [6, 6.07) is 26.3. The Morgan fingerprint density at radius 3 is 1.89 bits per heavy atom. The summed E-state index contributed by atoms with van der Waals surface area (Å²) in [6.07, 6.45) is 8.41. The van der Waals surface area contributed by atoms with Crippen LogP contribution < -0.4 is 21.3 Å². The Bertz CT molecular complexity index is 2080. The van der Waals surface area contributed by atoms with E-state index in [1.165, 1.54) is 11.1 Å². The van der Waals surface area contributed by atoms with Crippen molar-refractivity contribution in [3.05, 3.63) is 114 Å². The van der Waals surface area contributed by atoms with Gasteiger partial charge in [-0.2, -0.15) is 0 Å². The number of amides is 5. The molecule has 3 aliphatic rings. The second-order valence-electron chi connectivity index (χ2n) is 17.7. The van der Waals surface area contributed by atoms with Crippen molar-refractivity contribution in [2.75, 3.05) is 19.6 Å². The molecule has 7 atom stereocenters. The maximum Gasteiger partial charge on any atom is 0.408 e. The molecule has 322 valence electrons. The number of imidazole rings is 1. The van der Waals surface area contributed by atoms with E-state index in [1.807, 2.05) is 36.4 Å². The predicted molar refractivity (Wildman–Crippen MR) is 232 cm³/mol. The Labute approximate surface area is 358 Å². The molecule has 2 aliphatic carbocycles. The third-order valence-corrected chi connectivity index (χ3v) is 11.8. The number of hydrogen-bond acceptors (Lipinski definition) is 7. The van der Waals surface area contributed by atoms with Crippen molar-refractivity contribution < 1.29 is 28.7 Å². The fourth-order valence-electron chi connectivity index (χ4n) is 8.24. The van der Waals surface area contributed by atoms with Gasteiger partial charge in [-0.1, -0.05) is 99.0 Å². The molecule has 61 heavy (non-hydrogen) atoms. The van der Waals surface area contributed by atoms with Gasteiger partial charge >= 0.3 is 6.09 Å². The van der Waals surface area contributed by atoms with Gasteiger partial charge in [0.25, 0.3) is 5.91 Å². The van der Waals surface area contributed by atoms with E-state index < -0.39 is 29.6 Å². The number of nitrogens with zero attached hydrogens (tertiary/aromatic N) is 3. The fraction of sp³-hybridized carbons (Fsp3) is 0.458. The van der Waals surface area contributed by atoms with Crippen molar-refractivity contribution in [1.82, 2.24) is 35.7 Å². The smallest absolute Gasteiger partial charge is 0.408 e. The van der Waals surface area contributed by atoms with Gasteiger partial charge in [0.05, 0.1) is 30.4 Å². The zero-order valence-corrected chi connectivity index (χ0v) is 35.6. The van der Waals surface area contributed by atoms with Gasteiger partial charge in [-0.3, -0.25) is 19.2 Å². The normalized spacial score (nSPS) is 22.1. The summed E-state index contributed by atoms with van der Waals surface area (Å²) in [4.78, 5) is 73.9. The minimum absolute atomic E-state index is 0.00475. The highest BCUT2D eigenvalue weighted by molar-refractivity contribution is 5.97. The standard InChI is InChI=1S/C48H59N7O6/c1-5-6-7-14-23-49-45(58)42(53-47(60)61-48(2,3)4)29-54-28-41(50-30-54)33-19-21-34(22-20-33)46(59)55-26-37(43(56)51-39-24-35(39)31-15-10-8-11-16-31)38(27-55)44(57)52-40-25-36(40)32-17-12-9-13-18-32/h8-13,15-22,28,30,35-40,42H,5-7,14,23-27,29H2,1-4H3,(H,49,58)(H,51,56)(H,52,57)(H,53,60)/t35-,36-,37-,38-,39+,40+,42+/m1/s1. The SMILES string of the molecule is CCCCCCNC(=O)[C@H](Cn1cnc(-c2ccc(C(=O)N3C[C@@H](C(=O)N[C@H]4C[C@@H]4c4ccccc4)[C@H](C(=O)N[C@H]4C[C@@H]4c4ccccc4)C3)cc2)c1)NC(=O)OC(C)(C)C. The molecule has 13 nitrogen and oxygen atoms in total. The number of ether oxygens (including phenoxy) is 1. The van der Waals surface area contributed by atoms with E-state index in [0.717, 1.165) is 44.1 Å². The van der Waals surface area contributed by atoms with Crippen LogP contribution in [0.5, 0.6) is 0 Å². The Kier molecular flexibility index (Phi) is 13.5. The summed E-state index contributed by atoms with van der Waals surface area (Å²) in [6.45, 7) is 8.33. The predicted octanol–water partition coefficient (Wildman–Crippen LogP) is 6.17. The second kappa shape index (κ2) is 19.2. The first-order valence-corrected chi connectivity index (χ1v) is 21.8. The quantitative estimate of drug-likeness (QED) is 0.0925. The van der Waals surface area contributed by atoms with Crippen molar-refractivity contribution in [3.8, 4) is 11.3 Å². The number of unbranched alkanes of at least 4 members (excludes halogenated alkanes) is 3. The van der Waals surface area contributed by atoms with Gasteiger partial charge in [0, 0.05) is 60.9 Å². The number of alkyl carbamates (subject to hydrolysis) is 1. The molecule has 7 rings (SSSR count). The van der Waals surface area contributed by atoms with Crippen LogP contribution in [0.15, 0.2) is 97.5 Å². The third-order valence-electron chi connectivity index (χ3n) is 11.8. The largest absolute Gasteiger partial charge is 0.444 e. The van der Waals surface area contributed by atoms with Crippen LogP contribution in [0.2, 0.25) is 0 Å². The van der Waals surface area contributed by atoms with Crippen LogP contribution in [0.25, 0.3) is 11.3 Å². The average Bonchev–Trinajstić information content (AvgIpc) is 4.08. The highest BCUT2D eigenvalue weighted by atomic mass is 16.6. The lowest BCUT2D eigenvalue weighted by molar-refractivity contribution is -0.133. The third kappa shape index (κ3) is 11.4. The van der Waals surface area contributed by atoms with Gasteiger partial charge < -0.3 is 35.5 Å². The summed E-state index contributed by atoms with van der Waals surface area (Å²) in [7, 11) is 0. The average molecular weight is 830 g/mol. The molecule has 4 N–H and O–H groups in total. The highest BCUT2D eigenvalue weighted by Crippen LogP contribution is 2.42. The maximum atomic E-state index is 14.0. The summed E-state index contributed by atoms with van der Waals surface area (Å²) in [5, 5.41) is 12.0. The number of nitrogens with one attached hydrogen (secondary N) is 4. The number of rotatable bonds is 17. The Morgan fingerprint density at radius 2 is 1.34 bits per heavy atom. The lowest BCUT2D eigenvalue weighted by atomic mass is 9.94. The van der Waals surface area contributed by atoms with E-state index in [9.17, 15) is 24.0 Å². The summed E-state index contributed by atoms with van der Waals surface area (Å²) >= 11 is 0. The van der Waals surface area contributed by atoms with E-state index >= 15 is 0 Å². The molecule has 3 fully saturated rings. The molecule has 1 aliphatic heterocycles. The van der Waals surface area contributed by atoms with Gasteiger partial charge in [0.1, 0.15) is 11.6 Å². The molecule has 1 saturated heterocycles. The lowest BCUT2D eigenvalue weighted by Gasteiger charge is -2.23. The molecule has 0 bridgehead atoms. The van der Waals surface area contributed by atoms with Crippen molar-refractivity contribution in [1.29, 1.82) is 0 Å². The first-order chi connectivity index (χ1) is 29.4. The molecule has 0 unspecified atom stereocenters. The van der Waals surface area contributed by atoms with Crippen LogP contribution in [-0.4, -0.2) is 87.5 Å². The van der Waals surface area contributed by atoms with Crippen molar-refractivity contribution in [2.45, 2.75) is 108 Å². The zero-order valence-electron chi connectivity index (χ0n) is 35.6. The van der Waals surface area contributed by atoms with E-state index in [1.54, 1.807) is 67.0 Å². The zero-order chi connectivity index (χ0) is 43.1. The number of benzene rings is 3. The van der Waals surface area contributed by atoms with E-state index in [0.29, 0.717) is 17.8 Å². The highest BCUT2D eigenvalue weighted by Gasteiger charge is 2.49. The minimum atomic E-state index is -0.899. The monoisotopic (exact) mass is 829 g/mol. The van der Waals surface area contributed by atoms with E-state index in [4.69, 9.17) is 4.74 Å². The van der Waals surface area contributed by atoms with Crippen LogP contribution in [-0.2, 0) is 25.7 Å². The molecule has 2 saturated carbocycles. The molecule has 2 heterocycles. The number of carbonyl (C=O) groups is 5. The molecule has 1 aromatic heterocycles. The Morgan fingerprint density at radius 1 is 0.770 bits per heavy atom. The number of hydrogen-bond donors (Lipinski definition) is 4. The van der Waals surface area contributed by atoms with Gasteiger partial charge in [0.2, 0.25) is 17.7 Å². The van der Waals surface area contributed by atoms with Crippen LogP contribution in [0, 0.1) is 11.8 Å². The van der Waals surface area contributed by atoms with E-state index in [2.05, 4.69) is 57.4 Å². The first kappa shape index (κ1) is 43.1. The minimum Gasteiger partial charge on any atom is -0.444 e. The van der Waals surface area contributed by atoms with Gasteiger partial charge in [0.15, 0.2) is 0 Å². The summed E-state index contributed by atoms with van der Waals surface area (Å²) < 4.78 is 7.18. The number of carbonyl (C=O) groups excluding carboxylic acids is 5. The first-order valence-electron chi connectivity index (χ1n) is 21.8.